The molecule has 1 aromatic carbocycles. The van der Waals surface area contributed by atoms with Crippen LogP contribution in [0.3, 0.4) is 0 Å². The first kappa shape index (κ1) is 21.9. The molecular weight excluding hydrogens is 354 g/mol. The van der Waals surface area contributed by atoms with E-state index in [9.17, 15) is 24.3 Å². The fourth-order valence-electron chi connectivity index (χ4n) is 2.21. The molecule has 0 aromatic heterocycles. The molecule has 1 rings (SSSR count). The molecule has 9 heteroatoms. The first-order valence-corrected chi connectivity index (χ1v) is 8.47. The third kappa shape index (κ3) is 8.21. The molecule has 0 radical (unpaired) electrons. The third-order valence-electron chi connectivity index (χ3n) is 3.72. The Labute approximate surface area is 157 Å². The highest BCUT2D eigenvalue weighted by atomic mass is 16.5. The molecule has 9 nitrogen and oxygen atoms in total. The summed E-state index contributed by atoms with van der Waals surface area (Å²) in [5.41, 5.74) is 5.84. The van der Waals surface area contributed by atoms with Crippen molar-refractivity contribution in [2.45, 2.75) is 45.4 Å². The van der Waals surface area contributed by atoms with E-state index >= 15 is 0 Å². The summed E-state index contributed by atoms with van der Waals surface area (Å²) in [5.74, 6) is -3.30. The number of carbonyl (C=O) groups excluding carboxylic acids is 4. The highest BCUT2D eigenvalue weighted by Crippen LogP contribution is 2.05. The number of hydrogen-bond donors (Lipinski definition) is 3. The summed E-state index contributed by atoms with van der Waals surface area (Å²) in [7, 11) is 0. The number of ether oxygens (including phenoxy) is 1. The molecule has 1 aromatic rings. The van der Waals surface area contributed by atoms with Crippen molar-refractivity contribution in [3.8, 4) is 0 Å². The molecule has 148 valence electrons. The van der Waals surface area contributed by atoms with Gasteiger partial charge in [0.15, 0.2) is 0 Å². The Bertz CT molecular complexity index is 662. The summed E-state index contributed by atoms with van der Waals surface area (Å²) in [6.07, 6.45) is -1.15. The summed E-state index contributed by atoms with van der Waals surface area (Å²) >= 11 is 0. The van der Waals surface area contributed by atoms with Crippen LogP contribution >= 0.6 is 0 Å². The standard InChI is InChI=1S/C18H25N3O6/c1-11(2)15(17(24)25)21-16(23)13(8-9-14(19)22)20-18(26)27-10-12-6-4-3-5-7-12/h3-7,11,13,15H,8-10H2,1-2H3,(H2,19,22)(H,20,26)(H,21,23)(H,24,25)/p-1/t13-,15+/m1/s1. The van der Waals surface area contributed by atoms with Gasteiger partial charge in [-0.15, -0.1) is 0 Å². The van der Waals surface area contributed by atoms with Crippen LogP contribution in [0.25, 0.3) is 0 Å². The van der Waals surface area contributed by atoms with Gasteiger partial charge in [0.2, 0.25) is 11.8 Å². The first-order valence-electron chi connectivity index (χ1n) is 8.47. The minimum atomic E-state index is -1.45. The van der Waals surface area contributed by atoms with E-state index < -0.39 is 41.9 Å². The lowest BCUT2D eigenvalue weighted by Crippen LogP contribution is -2.56. The van der Waals surface area contributed by atoms with E-state index in [1.54, 1.807) is 38.1 Å². The second kappa shape index (κ2) is 10.8. The van der Waals surface area contributed by atoms with Gasteiger partial charge in [-0.1, -0.05) is 44.2 Å². The highest BCUT2D eigenvalue weighted by Gasteiger charge is 2.26. The van der Waals surface area contributed by atoms with Crippen molar-refractivity contribution in [1.82, 2.24) is 10.6 Å². The van der Waals surface area contributed by atoms with Crippen molar-refractivity contribution in [3.63, 3.8) is 0 Å². The van der Waals surface area contributed by atoms with Gasteiger partial charge in [-0.3, -0.25) is 9.59 Å². The quantitative estimate of drug-likeness (QED) is 0.496. The molecule has 0 heterocycles. The van der Waals surface area contributed by atoms with Crippen molar-refractivity contribution in [3.05, 3.63) is 35.9 Å². The molecule has 0 aliphatic rings. The average Bonchev–Trinajstić information content (AvgIpc) is 2.61. The van der Waals surface area contributed by atoms with Gasteiger partial charge >= 0.3 is 6.09 Å². The zero-order valence-corrected chi connectivity index (χ0v) is 15.3. The molecule has 27 heavy (non-hydrogen) atoms. The predicted octanol–water partition coefficient (Wildman–Crippen LogP) is -0.562. The second-order valence-electron chi connectivity index (χ2n) is 6.31. The molecule has 2 atom stereocenters. The zero-order chi connectivity index (χ0) is 20.4. The molecule has 4 N–H and O–H groups in total. The highest BCUT2D eigenvalue weighted by molar-refractivity contribution is 5.89. The zero-order valence-electron chi connectivity index (χ0n) is 15.3. The smallest absolute Gasteiger partial charge is 0.408 e. The van der Waals surface area contributed by atoms with Gasteiger partial charge in [0.25, 0.3) is 0 Å². The summed E-state index contributed by atoms with van der Waals surface area (Å²) in [6.45, 7) is 3.19. The van der Waals surface area contributed by atoms with Crippen LogP contribution in [0, 0.1) is 5.92 Å². The number of primary amides is 1. The molecule has 0 aliphatic carbocycles. The Morgan fingerprint density at radius 2 is 1.74 bits per heavy atom. The lowest BCUT2D eigenvalue weighted by molar-refractivity contribution is -0.309. The number of benzene rings is 1. The Kier molecular flexibility index (Phi) is 8.77. The normalized spacial score (nSPS) is 12.7. The average molecular weight is 378 g/mol. The number of carboxylic acids is 1. The third-order valence-corrected chi connectivity index (χ3v) is 3.72. The summed E-state index contributed by atoms with van der Waals surface area (Å²) in [5, 5.41) is 15.8. The van der Waals surface area contributed by atoms with Gasteiger partial charge in [-0.25, -0.2) is 4.79 Å². The van der Waals surface area contributed by atoms with Gasteiger partial charge in [-0.2, -0.15) is 0 Å². The topological polar surface area (TPSA) is 151 Å². The lowest BCUT2D eigenvalue weighted by Gasteiger charge is -2.26. The minimum absolute atomic E-state index is 0.00943. The number of nitrogens with one attached hydrogen (secondary N) is 2. The number of hydrogen-bond acceptors (Lipinski definition) is 6. The van der Waals surface area contributed by atoms with E-state index in [0.29, 0.717) is 0 Å². The van der Waals surface area contributed by atoms with Crippen LogP contribution in [0.4, 0.5) is 4.79 Å². The lowest BCUT2D eigenvalue weighted by atomic mass is 10.0. The van der Waals surface area contributed by atoms with Gasteiger partial charge in [-0.05, 0) is 17.9 Å². The number of carbonyl (C=O) groups is 4. The van der Waals surface area contributed by atoms with E-state index in [1.807, 2.05) is 6.07 Å². The molecule has 0 spiro atoms. The fourth-order valence-corrected chi connectivity index (χ4v) is 2.21. The molecule has 0 unspecified atom stereocenters. The van der Waals surface area contributed by atoms with E-state index in [2.05, 4.69) is 10.6 Å². The van der Waals surface area contributed by atoms with Gasteiger partial charge in [0, 0.05) is 6.42 Å². The number of amides is 3. The molecule has 3 amide bonds. The van der Waals surface area contributed by atoms with Crippen molar-refractivity contribution in [2.75, 3.05) is 0 Å². The van der Waals surface area contributed by atoms with Crippen LogP contribution in [0.5, 0.6) is 0 Å². The Balaban J connectivity index is 2.71. The van der Waals surface area contributed by atoms with Crippen molar-refractivity contribution in [2.24, 2.45) is 11.7 Å². The summed E-state index contributed by atoms with van der Waals surface area (Å²) in [6, 6.07) is 6.49. The van der Waals surface area contributed by atoms with E-state index in [-0.39, 0.29) is 19.4 Å². The fraction of sp³-hybridized carbons (Fsp3) is 0.444. The Morgan fingerprint density at radius 1 is 1.11 bits per heavy atom. The SMILES string of the molecule is CC(C)[C@H](NC(=O)[C@@H](CCC(N)=O)NC(=O)OCc1ccccc1)C(=O)[O-]. The Morgan fingerprint density at radius 3 is 2.26 bits per heavy atom. The van der Waals surface area contributed by atoms with Crippen LogP contribution in [0.2, 0.25) is 0 Å². The van der Waals surface area contributed by atoms with Gasteiger partial charge in [0.05, 0.1) is 12.0 Å². The van der Waals surface area contributed by atoms with Gasteiger partial charge in [0.1, 0.15) is 12.6 Å². The van der Waals surface area contributed by atoms with Crippen LogP contribution in [-0.2, 0) is 25.7 Å². The van der Waals surface area contributed by atoms with Crippen LogP contribution < -0.4 is 21.5 Å². The van der Waals surface area contributed by atoms with Crippen LogP contribution in [0.15, 0.2) is 30.3 Å². The molecular formula is C18H24N3O6-. The van der Waals surface area contributed by atoms with E-state index in [4.69, 9.17) is 10.5 Å². The molecule has 0 saturated carbocycles. The van der Waals surface area contributed by atoms with Crippen molar-refractivity contribution in [1.29, 1.82) is 0 Å². The maximum Gasteiger partial charge on any atom is 0.408 e. The maximum atomic E-state index is 12.4. The summed E-state index contributed by atoms with van der Waals surface area (Å²) in [4.78, 5) is 46.5. The number of carboxylic acid groups (broad SMARTS) is 1. The molecule has 0 bridgehead atoms. The van der Waals surface area contributed by atoms with E-state index in [0.717, 1.165) is 5.56 Å². The number of aliphatic carboxylic acids is 1. The molecule has 0 aliphatic heterocycles. The van der Waals surface area contributed by atoms with Gasteiger partial charge < -0.3 is 31.0 Å². The summed E-state index contributed by atoms with van der Waals surface area (Å²) < 4.78 is 5.04. The van der Waals surface area contributed by atoms with E-state index in [1.165, 1.54) is 0 Å². The second-order valence-corrected chi connectivity index (χ2v) is 6.31. The monoisotopic (exact) mass is 378 g/mol. The first-order chi connectivity index (χ1) is 12.7. The van der Waals surface area contributed by atoms with Crippen molar-refractivity contribution >= 4 is 23.9 Å². The van der Waals surface area contributed by atoms with Crippen LogP contribution in [0.1, 0.15) is 32.3 Å². The number of rotatable bonds is 10. The molecule has 0 saturated heterocycles. The minimum Gasteiger partial charge on any atom is -0.548 e. The largest absolute Gasteiger partial charge is 0.548 e. The maximum absolute atomic E-state index is 12.4. The van der Waals surface area contributed by atoms with Crippen molar-refractivity contribution < 1.29 is 29.0 Å². The predicted molar refractivity (Wildman–Crippen MR) is 93.8 cm³/mol. The number of alkyl carbamates (subject to hydrolysis) is 1. The van der Waals surface area contributed by atoms with Crippen LogP contribution in [-0.4, -0.2) is 36.0 Å². The molecule has 0 fully saturated rings. The Hall–Kier alpha value is -3.10. The number of nitrogens with two attached hydrogens (primary N) is 1.